The Morgan fingerprint density at radius 1 is 0.919 bits per heavy atom. The van der Waals surface area contributed by atoms with Crippen LogP contribution in [0.5, 0.6) is 5.75 Å². The third kappa shape index (κ3) is 8.64. The van der Waals surface area contributed by atoms with Crippen molar-refractivity contribution in [1.29, 1.82) is 0 Å². The minimum absolute atomic E-state index is 0.0243. The van der Waals surface area contributed by atoms with Crippen LogP contribution in [0.15, 0.2) is 78.9 Å². The molecule has 1 N–H and O–H groups in total. The van der Waals surface area contributed by atoms with Crippen LogP contribution in [0.25, 0.3) is 0 Å². The summed E-state index contributed by atoms with van der Waals surface area (Å²) in [6.07, 6.45) is 0.381. The topological polar surface area (TPSA) is 58.6 Å². The first-order valence-electron chi connectivity index (χ1n) is 12.6. The van der Waals surface area contributed by atoms with E-state index >= 15 is 0 Å². The van der Waals surface area contributed by atoms with Gasteiger partial charge in [0.1, 0.15) is 11.8 Å². The van der Waals surface area contributed by atoms with E-state index in [9.17, 15) is 9.59 Å². The molecule has 0 aliphatic heterocycles. The fourth-order valence-corrected chi connectivity index (χ4v) is 4.26. The van der Waals surface area contributed by atoms with Gasteiger partial charge in [0.2, 0.25) is 5.91 Å². The van der Waals surface area contributed by atoms with Gasteiger partial charge in [0, 0.05) is 24.0 Å². The maximum absolute atomic E-state index is 13.6. The smallest absolute Gasteiger partial charge is 0.261 e. The summed E-state index contributed by atoms with van der Waals surface area (Å²) in [7, 11) is 0. The molecule has 37 heavy (non-hydrogen) atoms. The lowest BCUT2D eigenvalue weighted by atomic mass is 9.87. The van der Waals surface area contributed by atoms with Gasteiger partial charge in [0.15, 0.2) is 6.61 Å². The van der Waals surface area contributed by atoms with Crippen molar-refractivity contribution in [3.05, 3.63) is 101 Å². The summed E-state index contributed by atoms with van der Waals surface area (Å²) in [6.45, 7) is 10.3. The molecule has 0 radical (unpaired) electrons. The van der Waals surface area contributed by atoms with Gasteiger partial charge in [-0.05, 0) is 60.2 Å². The maximum Gasteiger partial charge on any atom is 0.261 e. The Morgan fingerprint density at radius 3 is 2.16 bits per heavy atom. The predicted octanol–water partition coefficient (Wildman–Crippen LogP) is 6.18. The van der Waals surface area contributed by atoms with Gasteiger partial charge < -0.3 is 15.0 Å². The van der Waals surface area contributed by atoms with Crippen LogP contribution >= 0.6 is 11.6 Å². The van der Waals surface area contributed by atoms with Crippen molar-refractivity contribution < 1.29 is 14.3 Å². The SMILES string of the molecule is CC(C)NC(=O)C(Cc1ccccc1)N(Cc1cccc(Cl)c1)C(=O)COc1ccc(C(C)(C)C)cc1. The Morgan fingerprint density at radius 2 is 1.57 bits per heavy atom. The van der Waals surface area contributed by atoms with Crippen LogP contribution in [-0.4, -0.2) is 35.4 Å². The lowest BCUT2D eigenvalue weighted by molar-refractivity contribution is -0.143. The number of rotatable bonds is 10. The van der Waals surface area contributed by atoms with Gasteiger partial charge >= 0.3 is 0 Å². The number of benzene rings is 3. The molecular weight excluding hydrogens is 484 g/mol. The van der Waals surface area contributed by atoms with E-state index in [1.165, 1.54) is 5.56 Å². The highest BCUT2D eigenvalue weighted by Gasteiger charge is 2.31. The van der Waals surface area contributed by atoms with E-state index in [2.05, 4.69) is 26.1 Å². The average Bonchev–Trinajstić information content (AvgIpc) is 2.84. The van der Waals surface area contributed by atoms with Crippen molar-refractivity contribution in [3.8, 4) is 5.75 Å². The molecule has 3 rings (SSSR count). The summed E-state index contributed by atoms with van der Waals surface area (Å²) in [5, 5.41) is 3.57. The summed E-state index contributed by atoms with van der Waals surface area (Å²) < 4.78 is 5.89. The van der Waals surface area contributed by atoms with E-state index in [1.807, 2.05) is 86.6 Å². The molecule has 0 saturated heterocycles. The first-order valence-corrected chi connectivity index (χ1v) is 13.0. The normalized spacial score (nSPS) is 12.2. The molecule has 2 amide bonds. The molecule has 6 heteroatoms. The van der Waals surface area contributed by atoms with E-state index in [4.69, 9.17) is 16.3 Å². The first-order chi connectivity index (χ1) is 17.5. The van der Waals surface area contributed by atoms with Crippen molar-refractivity contribution in [2.24, 2.45) is 0 Å². The van der Waals surface area contributed by atoms with E-state index in [0.717, 1.165) is 11.1 Å². The number of carbonyl (C=O) groups excluding carboxylic acids is 2. The highest BCUT2D eigenvalue weighted by Crippen LogP contribution is 2.24. The molecule has 3 aromatic carbocycles. The van der Waals surface area contributed by atoms with Gasteiger partial charge in [-0.1, -0.05) is 87.0 Å². The highest BCUT2D eigenvalue weighted by molar-refractivity contribution is 6.30. The number of ether oxygens (including phenoxy) is 1. The van der Waals surface area contributed by atoms with Crippen LogP contribution in [0.2, 0.25) is 5.02 Å². The van der Waals surface area contributed by atoms with E-state index in [0.29, 0.717) is 17.2 Å². The second kappa shape index (κ2) is 12.8. The molecule has 0 spiro atoms. The Labute approximate surface area is 225 Å². The number of amides is 2. The van der Waals surface area contributed by atoms with Crippen molar-refractivity contribution in [3.63, 3.8) is 0 Å². The van der Waals surface area contributed by atoms with Gasteiger partial charge in [-0.3, -0.25) is 9.59 Å². The zero-order chi connectivity index (χ0) is 27.0. The molecule has 0 bridgehead atoms. The molecule has 0 aliphatic rings. The molecule has 0 aromatic heterocycles. The third-order valence-corrected chi connectivity index (χ3v) is 6.26. The zero-order valence-corrected chi connectivity index (χ0v) is 23.1. The van der Waals surface area contributed by atoms with Crippen LogP contribution in [-0.2, 0) is 28.0 Å². The summed E-state index contributed by atoms with van der Waals surface area (Å²) in [4.78, 5) is 28.6. The Bertz CT molecular complexity index is 1170. The van der Waals surface area contributed by atoms with Crippen molar-refractivity contribution in [2.45, 2.75) is 65.1 Å². The summed E-state index contributed by atoms with van der Waals surface area (Å²) in [5.74, 6) is 0.124. The molecule has 1 atom stereocenters. The minimum Gasteiger partial charge on any atom is -0.484 e. The standard InChI is InChI=1S/C31H37ClN2O3/c1-22(2)33-30(36)28(19-23-10-7-6-8-11-23)34(20-24-12-9-13-26(32)18-24)29(35)21-37-27-16-14-25(15-17-27)31(3,4)5/h6-18,22,28H,19-21H2,1-5H3,(H,33,36). The highest BCUT2D eigenvalue weighted by atomic mass is 35.5. The van der Waals surface area contributed by atoms with Crippen LogP contribution in [0, 0.1) is 0 Å². The lowest BCUT2D eigenvalue weighted by Crippen LogP contribution is -2.52. The molecule has 1 unspecified atom stereocenters. The molecule has 3 aromatic rings. The number of nitrogens with zero attached hydrogens (tertiary/aromatic N) is 1. The molecule has 0 aliphatic carbocycles. The van der Waals surface area contributed by atoms with E-state index in [-0.39, 0.29) is 36.4 Å². The molecule has 0 heterocycles. The fraction of sp³-hybridized carbons (Fsp3) is 0.355. The Hall–Kier alpha value is -3.31. The number of nitrogens with one attached hydrogen (secondary N) is 1. The van der Waals surface area contributed by atoms with Crippen LogP contribution in [0.4, 0.5) is 0 Å². The molecule has 196 valence electrons. The van der Waals surface area contributed by atoms with Crippen LogP contribution < -0.4 is 10.1 Å². The van der Waals surface area contributed by atoms with E-state index < -0.39 is 6.04 Å². The monoisotopic (exact) mass is 520 g/mol. The van der Waals surface area contributed by atoms with E-state index in [1.54, 1.807) is 11.0 Å². The maximum atomic E-state index is 13.6. The van der Waals surface area contributed by atoms with Gasteiger partial charge in [0.05, 0.1) is 0 Å². The number of carbonyl (C=O) groups is 2. The molecular formula is C31H37ClN2O3. The van der Waals surface area contributed by atoms with Crippen LogP contribution in [0.3, 0.4) is 0 Å². The van der Waals surface area contributed by atoms with Crippen LogP contribution in [0.1, 0.15) is 51.3 Å². The van der Waals surface area contributed by atoms with Crippen molar-refractivity contribution in [1.82, 2.24) is 10.2 Å². The number of halogens is 1. The summed E-state index contributed by atoms with van der Waals surface area (Å²) in [6, 6.07) is 24.1. The van der Waals surface area contributed by atoms with Gasteiger partial charge in [-0.25, -0.2) is 0 Å². The van der Waals surface area contributed by atoms with Crippen molar-refractivity contribution in [2.75, 3.05) is 6.61 Å². The van der Waals surface area contributed by atoms with Crippen molar-refractivity contribution >= 4 is 23.4 Å². The van der Waals surface area contributed by atoms with Gasteiger partial charge in [-0.2, -0.15) is 0 Å². The van der Waals surface area contributed by atoms with Gasteiger partial charge in [0.25, 0.3) is 5.91 Å². The number of hydrogen-bond acceptors (Lipinski definition) is 3. The minimum atomic E-state index is -0.719. The third-order valence-electron chi connectivity index (χ3n) is 6.03. The second-order valence-corrected chi connectivity index (χ2v) is 11.0. The predicted molar refractivity (Wildman–Crippen MR) is 150 cm³/mol. The Balaban J connectivity index is 1.88. The molecule has 5 nitrogen and oxygen atoms in total. The largest absolute Gasteiger partial charge is 0.484 e. The second-order valence-electron chi connectivity index (χ2n) is 10.6. The molecule has 0 fully saturated rings. The average molecular weight is 521 g/mol. The molecule has 0 saturated carbocycles. The fourth-order valence-electron chi connectivity index (χ4n) is 4.05. The van der Waals surface area contributed by atoms with Gasteiger partial charge in [-0.15, -0.1) is 0 Å². The first kappa shape index (κ1) is 28.3. The lowest BCUT2D eigenvalue weighted by Gasteiger charge is -2.32. The number of hydrogen-bond donors (Lipinski definition) is 1. The summed E-state index contributed by atoms with van der Waals surface area (Å²) >= 11 is 6.23. The summed E-state index contributed by atoms with van der Waals surface area (Å²) in [5.41, 5.74) is 3.01. The quantitative estimate of drug-likeness (QED) is 0.347. The zero-order valence-electron chi connectivity index (χ0n) is 22.3. The Kier molecular flexibility index (Phi) is 9.76.